The van der Waals surface area contributed by atoms with Gasteiger partial charge in [-0.15, -0.1) is 5.10 Å². The number of carbonyl (C=O) groups excluding carboxylic acids is 1. The standard InChI is InChI=1S/C12H15N5O5S/c1-23(19,20)17-6-2-3-8(7-17)10(18)14-12-16-15-11(21-12)9-4-5-13-22-9/h4-5,8H,2-3,6-7H2,1H3,(H,14,16,18)/t8-/m0/s1. The van der Waals surface area contributed by atoms with E-state index in [4.69, 9.17) is 8.94 Å². The average Bonchev–Trinajstić information content (AvgIpc) is 3.17. The first kappa shape index (κ1) is 15.6. The summed E-state index contributed by atoms with van der Waals surface area (Å²) in [5.74, 6) is -0.427. The van der Waals surface area contributed by atoms with Crippen molar-refractivity contribution in [1.82, 2.24) is 19.7 Å². The van der Waals surface area contributed by atoms with E-state index in [2.05, 4.69) is 20.7 Å². The van der Waals surface area contributed by atoms with E-state index in [0.29, 0.717) is 25.1 Å². The number of carbonyl (C=O) groups is 1. The Bertz CT molecular complexity index is 785. The predicted molar refractivity (Wildman–Crippen MR) is 77.6 cm³/mol. The molecule has 0 saturated carbocycles. The Labute approximate surface area is 131 Å². The molecule has 0 spiro atoms. The van der Waals surface area contributed by atoms with Crippen LogP contribution in [0.4, 0.5) is 6.01 Å². The molecule has 0 aliphatic carbocycles. The van der Waals surface area contributed by atoms with Crippen molar-refractivity contribution in [2.24, 2.45) is 5.92 Å². The summed E-state index contributed by atoms with van der Waals surface area (Å²) in [7, 11) is -3.31. The molecule has 0 unspecified atom stereocenters. The molecule has 0 bridgehead atoms. The first-order chi connectivity index (χ1) is 10.9. The second kappa shape index (κ2) is 6.08. The minimum Gasteiger partial charge on any atom is -0.400 e. The number of aromatic nitrogens is 3. The van der Waals surface area contributed by atoms with E-state index in [-0.39, 0.29) is 24.4 Å². The van der Waals surface area contributed by atoms with Crippen LogP contribution in [0.1, 0.15) is 12.8 Å². The molecule has 2 aromatic rings. The summed E-state index contributed by atoms with van der Waals surface area (Å²) in [6.07, 6.45) is 3.79. The fraction of sp³-hybridized carbons (Fsp3) is 0.500. The monoisotopic (exact) mass is 341 g/mol. The average molecular weight is 341 g/mol. The molecule has 0 aromatic carbocycles. The molecule has 124 valence electrons. The Kier molecular flexibility index (Phi) is 4.13. The first-order valence-corrected chi connectivity index (χ1v) is 8.79. The van der Waals surface area contributed by atoms with Gasteiger partial charge < -0.3 is 8.94 Å². The number of piperidine rings is 1. The maximum absolute atomic E-state index is 12.2. The summed E-state index contributed by atoms with van der Waals surface area (Å²) in [6, 6.07) is 1.47. The molecule has 1 aliphatic heterocycles. The second-order valence-electron chi connectivity index (χ2n) is 5.24. The number of hydrogen-bond donors (Lipinski definition) is 1. The van der Waals surface area contributed by atoms with Crippen molar-refractivity contribution in [2.45, 2.75) is 12.8 Å². The van der Waals surface area contributed by atoms with Crippen LogP contribution in [0.2, 0.25) is 0 Å². The smallest absolute Gasteiger partial charge is 0.322 e. The van der Waals surface area contributed by atoms with Gasteiger partial charge in [0.15, 0.2) is 0 Å². The number of sulfonamides is 1. The number of nitrogens with one attached hydrogen (secondary N) is 1. The van der Waals surface area contributed by atoms with Gasteiger partial charge in [-0.3, -0.25) is 10.1 Å². The zero-order chi connectivity index (χ0) is 16.4. The lowest BCUT2D eigenvalue weighted by molar-refractivity contribution is -0.121. The van der Waals surface area contributed by atoms with Crippen LogP contribution in [0, 0.1) is 5.92 Å². The molecule has 3 rings (SSSR count). The van der Waals surface area contributed by atoms with Gasteiger partial charge in [-0.05, 0) is 12.8 Å². The van der Waals surface area contributed by atoms with Crippen molar-refractivity contribution in [3.8, 4) is 11.7 Å². The predicted octanol–water partition coefficient (Wildman–Crippen LogP) is 0.335. The molecule has 23 heavy (non-hydrogen) atoms. The van der Waals surface area contributed by atoms with E-state index in [1.807, 2.05) is 0 Å². The van der Waals surface area contributed by atoms with E-state index in [1.54, 1.807) is 6.07 Å². The lowest BCUT2D eigenvalue weighted by atomic mass is 9.99. The summed E-state index contributed by atoms with van der Waals surface area (Å²) in [6.45, 7) is 0.576. The molecular weight excluding hydrogens is 326 g/mol. The number of hydrogen-bond acceptors (Lipinski definition) is 8. The molecule has 2 aromatic heterocycles. The number of rotatable bonds is 4. The van der Waals surface area contributed by atoms with Crippen molar-refractivity contribution < 1.29 is 22.2 Å². The van der Waals surface area contributed by atoms with Gasteiger partial charge >= 0.3 is 6.01 Å². The minimum atomic E-state index is -3.31. The third-order valence-electron chi connectivity index (χ3n) is 3.53. The molecule has 1 fully saturated rings. The molecule has 0 radical (unpaired) electrons. The van der Waals surface area contributed by atoms with Crippen LogP contribution in [-0.2, 0) is 14.8 Å². The van der Waals surface area contributed by atoms with Gasteiger partial charge in [-0.1, -0.05) is 10.3 Å². The van der Waals surface area contributed by atoms with Gasteiger partial charge in [0, 0.05) is 19.2 Å². The van der Waals surface area contributed by atoms with Crippen LogP contribution >= 0.6 is 0 Å². The highest BCUT2D eigenvalue weighted by atomic mass is 32.2. The molecular formula is C12H15N5O5S. The Morgan fingerprint density at radius 2 is 2.26 bits per heavy atom. The van der Waals surface area contributed by atoms with Crippen LogP contribution in [0.15, 0.2) is 21.2 Å². The third kappa shape index (κ3) is 3.56. The van der Waals surface area contributed by atoms with E-state index in [1.165, 1.54) is 10.5 Å². The number of amides is 1. The molecule has 3 heterocycles. The highest BCUT2D eigenvalue weighted by Crippen LogP contribution is 2.22. The van der Waals surface area contributed by atoms with Crippen molar-refractivity contribution in [3.63, 3.8) is 0 Å². The van der Waals surface area contributed by atoms with Crippen molar-refractivity contribution in [3.05, 3.63) is 12.3 Å². The third-order valence-corrected chi connectivity index (χ3v) is 4.80. The van der Waals surface area contributed by atoms with E-state index in [0.717, 1.165) is 6.26 Å². The van der Waals surface area contributed by atoms with Gasteiger partial charge in [-0.2, -0.15) is 0 Å². The zero-order valence-electron chi connectivity index (χ0n) is 12.3. The topological polar surface area (TPSA) is 131 Å². The van der Waals surface area contributed by atoms with Gasteiger partial charge in [0.25, 0.3) is 5.89 Å². The quantitative estimate of drug-likeness (QED) is 0.842. The van der Waals surface area contributed by atoms with Crippen molar-refractivity contribution in [1.29, 1.82) is 0 Å². The van der Waals surface area contributed by atoms with Gasteiger partial charge in [-0.25, -0.2) is 12.7 Å². The van der Waals surface area contributed by atoms with Crippen molar-refractivity contribution >= 4 is 21.9 Å². The fourth-order valence-corrected chi connectivity index (χ4v) is 3.28. The summed E-state index contributed by atoms with van der Waals surface area (Å²) in [4.78, 5) is 12.2. The zero-order valence-corrected chi connectivity index (χ0v) is 13.1. The van der Waals surface area contributed by atoms with Gasteiger partial charge in [0.1, 0.15) is 0 Å². The Hall–Kier alpha value is -2.27. The number of anilines is 1. The molecule has 1 aliphatic rings. The van der Waals surface area contributed by atoms with Crippen LogP contribution in [-0.4, -0.2) is 53.3 Å². The normalized spacial score (nSPS) is 19.6. The summed E-state index contributed by atoms with van der Waals surface area (Å²) >= 11 is 0. The maximum atomic E-state index is 12.2. The molecule has 1 N–H and O–H groups in total. The second-order valence-corrected chi connectivity index (χ2v) is 7.22. The lowest BCUT2D eigenvalue weighted by Gasteiger charge is -2.29. The number of nitrogens with zero attached hydrogens (tertiary/aromatic N) is 4. The molecule has 1 atom stereocenters. The molecule has 11 heteroatoms. The summed E-state index contributed by atoms with van der Waals surface area (Å²) in [5, 5.41) is 13.5. The molecule has 1 saturated heterocycles. The fourth-order valence-electron chi connectivity index (χ4n) is 2.36. The van der Waals surface area contributed by atoms with Crippen molar-refractivity contribution in [2.75, 3.05) is 24.7 Å². The highest BCUT2D eigenvalue weighted by Gasteiger charge is 2.31. The Morgan fingerprint density at radius 1 is 1.43 bits per heavy atom. The Balaban J connectivity index is 1.65. The summed E-state index contributed by atoms with van der Waals surface area (Å²) < 4.78 is 34.6. The maximum Gasteiger partial charge on any atom is 0.322 e. The minimum absolute atomic E-state index is 0.0714. The van der Waals surface area contributed by atoms with E-state index < -0.39 is 15.9 Å². The van der Waals surface area contributed by atoms with Crippen LogP contribution in [0.3, 0.4) is 0 Å². The summed E-state index contributed by atoms with van der Waals surface area (Å²) in [5.41, 5.74) is 0. The first-order valence-electron chi connectivity index (χ1n) is 6.94. The van der Waals surface area contributed by atoms with Crippen LogP contribution in [0.25, 0.3) is 11.7 Å². The van der Waals surface area contributed by atoms with E-state index >= 15 is 0 Å². The molecule has 10 nitrogen and oxygen atoms in total. The van der Waals surface area contributed by atoms with Crippen LogP contribution in [0.5, 0.6) is 0 Å². The van der Waals surface area contributed by atoms with E-state index in [9.17, 15) is 13.2 Å². The highest BCUT2D eigenvalue weighted by molar-refractivity contribution is 7.88. The SMILES string of the molecule is CS(=O)(=O)N1CCC[C@H](C(=O)Nc2nnc(-c3ccno3)o2)C1. The van der Waals surface area contributed by atoms with Gasteiger partial charge in [0.2, 0.25) is 21.7 Å². The lowest BCUT2D eigenvalue weighted by Crippen LogP contribution is -2.43. The van der Waals surface area contributed by atoms with Gasteiger partial charge in [0.05, 0.1) is 18.4 Å². The largest absolute Gasteiger partial charge is 0.400 e. The Morgan fingerprint density at radius 3 is 2.96 bits per heavy atom. The van der Waals surface area contributed by atoms with Crippen LogP contribution < -0.4 is 5.32 Å². The molecule has 1 amide bonds.